The van der Waals surface area contributed by atoms with Gasteiger partial charge < -0.3 is 4.90 Å². The Morgan fingerprint density at radius 1 is 1.39 bits per heavy atom. The van der Waals surface area contributed by atoms with Crippen molar-refractivity contribution in [2.75, 3.05) is 6.54 Å². The maximum atomic E-state index is 12.4. The Morgan fingerprint density at radius 2 is 2.22 bits per heavy atom. The molecule has 3 heterocycles. The van der Waals surface area contributed by atoms with E-state index in [2.05, 4.69) is 10.2 Å². The molecule has 6 nitrogen and oxygen atoms in total. The molecular formula is C12H15N5O. The van der Waals surface area contributed by atoms with Gasteiger partial charge in [0.05, 0.1) is 24.5 Å². The fourth-order valence-corrected chi connectivity index (χ4v) is 2.33. The molecule has 94 valence electrons. The number of carbonyl (C=O) groups excluding carboxylic acids is 1. The predicted octanol–water partition coefficient (Wildman–Crippen LogP) is 0.581. The molecule has 1 aliphatic heterocycles. The molecule has 0 saturated heterocycles. The Bertz CT molecular complexity index is 597. The fraction of sp³-hybridized carbons (Fsp3) is 0.417. The second-order valence-electron chi connectivity index (χ2n) is 4.57. The van der Waals surface area contributed by atoms with E-state index in [-0.39, 0.29) is 5.91 Å². The van der Waals surface area contributed by atoms with Crippen LogP contribution in [0, 0.1) is 6.92 Å². The Kier molecular flexibility index (Phi) is 2.43. The molecule has 0 bridgehead atoms. The van der Waals surface area contributed by atoms with Crippen molar-refractivity contribution in [3.05, 3.63) is 35.4 Å². The van der Waals surface area contributed by atoms with Gasteiger partial charge in [0.1, 0.15) is 5.69 Å². The molecule has 0 atom stereocenters. The van der Waals surface area contributed by atoms with Crippen LogP contribution in [0.5, 0.6) is 0 Å². The first-order valence-corrected chi connectivity index (χ1v) is 5.96. The van der Waals surface area contributed by atoms with Gasteiger partial charge in [0.2, 0.25) is 0 Å². The number of carbonyl (C=O) groups is 1. The third-order valence-electron chi connectivity index (χ3n) is 3.25. The van der Waals surface area contributed by atoms with Crippen LogP contribution in [0.4, 0.5) is 0 Å². The summed E-state index contributed by atoms with van der Waals surface area (Å²) >= 11 is 0. The molecule has 0 spiro atoms. The van der Waals surface area contributed by atoms with Gasteiger partial charge in [-0.15, -0.1) is 0 Å². The molecule has 2 aromatic rings. The van der Waals surface area contributed by atoms with E-state index in [4.69, 9.17) is 0 Å². The van der Waals surface area contributed by atoms with E-state index in [1.807, 2.05) is 28.6 Å². The number of hydrogen-bond acceptors (Lipinski definition) is 3. The quantitative estimate of drug-likeness (QED) is 0.738. The lowest BCUT2D eigenvalue weighted by Crippen LogP contribution is -2.39. The van der Waals surface area contributed by atoms with Crippen molar-refractivity contribution in [3.8, 4) is 0 Å². The van der Waals surface area contributed by atoms with Crippen LogP contribution in [0.3, 0.4) is 0 Å². The Morgan fingerprint density at radius 3 is 2.94 bits per heavy atom. The molecule has 0 saturated carbocycles. The molecule has 0 radical (unpaired) electrons. The van der Waals surface area contributed by atoms with E-state index in [1.165, 1.54) is 0 Å². The summed E-state index contributed by atoms with van der Waals surface area (Å²) in [7, 11) is 1.80. The van der Waals surface area contributed by atoms with E-state index < -0.39 is 0 Å². The molecule has 0 aromatic carbocycles. The number of aryl methyl sites for hydroxylation is 2. The van der Waals surface area contributed by atoms with Gasteiger partial charge in [0.25, 0.3) is 5.91 Å². The van der Waals surface area contributed by atoms with E-state index in [9.17, 15) is 4.79 Å². The number of amides is 1. The zero-order valence-corrected chi connectivity index (χ0v) is 10.5. The minimum absolute atomic E-state index is 0.0329. The van der Waals surface area contributed by atoms with Crippen molar-refractivity contribution in [2.45, 2.75) is 20.0 Å². The SMILES string of the molecule is Cc1cc(C(=O)N2CCn3nccc3C2)n(C)n1. The van der Waals surface area contributed by atoms with Crippen LogP contribution in [0.25, 0.3) is 0 Å². The minimum atomic E-state index is 0.0329. The molecule has 0 unspecified atom stereocenters. The highest BCUT2D eigenvalue weighted by Gasteiger charge is 2.24. The summed E-state index contributed by atoms with van der Waals surface area (Å²) in [4.78, 5) is 14.2. The van der Waals surface area contributed by atoms with Crippen LogP contribution >= 0.6 is 0 Å². The molecule has 6 heteroatoms. The van der Waals surface area contributed by atoms with Crippen LogP contribution in [0.1, 0.15) is 21.9 Å². The van der Waals surface area contributed by atoms with Crippen LogP contribution in [0.2, 0.25) is 0 Å². The standard InChI is InChI=1S/C12H15N5O/c1-9-7-11(15(2)14-9)12(18)16-5-6-17-10(8-16)3-4-13-17/h3-4,7H,5-6,8H2,1-2H3. The van der Waals surface area contributed by atoms with E-state index >= 15 is 0 Å². The van der Waals surface area contributed by atoms with Gasteiger partial charge in [-0.3, -0.25) is 14.2 Å². The van der Waals surface area contributed by atoms with E-state index in [1.54, 1.807) is 17.9 Å². The summed E-state index contributed by atoms with van der Waals surface area (Å²) in [6.45, 7) is 3.95. The average Bonchev–Trinajstić information content (AvgIpc) is 2.93. The normalized spacial score (nSPS) is 14.7. The fourth-order valence-electron chi connectivity index (χ4n) is 2.33. The summed E-state index contributed by atoms with van der Waals surface area (Å²) in [5, 5.41) is 8.42. The largest absolute Gasteiger partial charge is 0.330 e. The molecule has 3 rings (SSSR count). The number of nitrogens with zero attached hydrogens (tertiary/aromatic N) is 5. The third kappa shape index (κ3) is 1.70. The van der Waals surface area contributed by atoms with Crippen LogP contribution in [-0.2, 0) is 20.1 Å². The monoisotopic (exact) mass is 245 g/mol. The van der Waals surface area contributed by atoms with Gasteiger partial charge in [-0.1, -0.05) is 0 Å². The van der Waals surface area contributed by atoms with E-state index in [0.29, 0.717) is 18.8 Å². The highest BCUT2D eigenvalue weighted by Crippen LogP contribution is 2.14. The molecule has 18 heavy (non-hydrogen) atoms. The molecule has 0 aliphatic carbocycles. The van der Waals surface area contributed by atoms with Gasteiger partial charge >= 0.3 is 0 Å². The van der Waals surface area contributed by atoms with Gasteiger partial charge in [-0.2, -0.15) is 10.2 Å². The Labute approximate surface area is 105 Å². The predicted molar refractivity (Wildman–Crippen MR) is 64.9 cm³/mol. The first-order chi connectivity index (χ1) is 8.65. The highest BCUT2D eigenvalue weighted by molar-refractivity contribution is 5.92. The van der Waals surface area contributed by atoms with Gasteiger partial charge in [-0.25, -0.2) is 0 Å². The number of aromatic nitrogens is 4. The molecule has 0 fully saturated rings. The molecule has 0 N–H and O–H groups in total. The summed E-state index contributed by atoms with van der Waals surface area (Å²) in [5.41, 5.74) is 2.58. The molecular weight excluding hydrogens is 230 g/mol. The summed E-state index contributed by atoms with van der Waals surface area (Å²) < 4.78 is 3.59. The summed E-state index contributed by atoms with van der Waals surface area (Å²) in [6, 6.07) is 3.78. The lowest BCUT2D eigenvalue weighted by molar-refractivity contribution is 0.0695. The molecule has 2 aromatic heterocycles. The number of fused-ring (bicyclic) bond motifs is 1. The Balaban J connectivity index is 1.85. The zero-order chi connectivity index (χ0) is 12.7. The second kappa shape index (κ2) is 3.97. The lowest BCUT2D eigenvalue weighted by Gasteiger charge is -2.27. The zero-order valence-electron chi connectivity index (χ0n) is 10.5. The number of rotatable bonds is 1. The maximum Gasteiger partial charge on any atom is 0.272 e. The minimum Gasteiger partial charge on any atom is -0.330 e. The van der Waals surface area contributed by atoms with Crippen molar-refractivity contribution < 1.29 is 4.79 Å². The first kappa shape index (κ1) is 11.0. The van der Waals surface area contributed by atoms with Crippen LogP contribution < -0.4 is 0 Å². The van der Waals surface area contributed by atoms with Crippen molar-refractivity contribution in [1.29, 1.82) is 0 Å². The average molecular weight is 245 g/mol. The van der Waals surface area contributed by atoms with Crippen molar-refractivity contribution in [2.24, 2.45) is 7.05 Å². The Hall–Kier alpha value is -2.11. The molecule has 1 amide bonds. The van der Waals surface area contributed by atoms with Gasteiger partial charge in [-0.05, 0) is 19.1 Å². The third-order valence-corrected chi connectivity index (χ3v) is 3.25. The van der Waals surface area contributed by atoms with Gasteiger partial charge in [0.15, 0.2) is 0 Å². The maximum absolute atomic E-state index is 12.4. The summed E-state index contributed by atoms with van der Waals surface area (Å²) in [5.74, 6) is 0.0329. The number of hydrogen-bond donors (Lipinski definition) is 0. The lowest BCUT2D eigenvalue weighted by atomic mass is 10.2. The highest BCUT2D eigenvalue weighted by atomic mass is 16.2. The topological polar surface area (TPSA) is 56.0 Å². The van der Waals surface area contributed by atoms with Crippen LogP contribution in [0.15, 0.2) is 18.3 Å². The summed E-state index contributed by atoms with van der Waals surface area (Å²) in [6.07, 6.45) is 1.78. The molecule has 1 aliphatic rings. The smallest absolute Gasteiger partial charge is 0.272 e. The first-order valence-electron chi connectivity index (χ1n) is 5.96. The van der Waals surface area contributed by atoms with Crippen molar-refractivity contribution in [3.63, 3.8) is 0 Å². The second-order valence-corrected chi connectivity index (χ2v) is 4.57. The van der Waals surface area contributed by atoms with Crippen molar-refractivity contribution in [1.82, 2.24) is 24.5 Å². The van der Waals surface area contributed by atoms with Crippen molar-refractivity contribution >= 4 is 5.91 Å². The van der Waals surface area contributed by atoms with Gasteiger partial charge in [0, 0.05) is 19.8 Å². The van der Waals surface area contributed by atoms with E-state index in [0.717, 1.165) is 17.9 Å². The van der Waals surface area contributed by atoms with Crippen LogP contribution in [-0.4, -0.2) is 36.9 Å².